The van der Waals surface area contributed by atoms with E-state index < -0.39 is 8.07 Å². The van der Waals surface area contributed by atoms with Crippen molar-refractivity contribution in [3.63, 3.8) is 0 Å². The van der Waals surface area contributed by atoms with E-state index in [4.69, 9.17) is 14.4 Å². The Kier molecular flexibility index (Phi) is 7.23. The fraction of sp³-hybridized carbons (Fsp3) is 0.0566. The third-order valence-corrected chi connectivity index (χ3v) is 17.6. The van der Waals surface area contributed by atoms with E-state index in [1.54, 1.807) is 0 Å². The highest BCUT2D eigenvalue weighted by Crippen LogP contribution is 2.54. The lowest BCUT2D eigenvalue weighted by Gasteiger charge is -2.43. The number of fused-ring (bicyclic) bond motifs is 12. The van der Waals surface area contributed by atoms with Crippen molar-refractivity contribution >= 4 is 95.3 Å². The Labute approximate surface area is 342 Å². The molecular weight excluding hydrogens is 737 g/mol. The summed E-state index contributed by atoms with van der Waals surface area (Å²) in [6.45, 7) is 4.73. The molecule has 7 aromatic carbocycles. The fourth-order valence-electron chi connectivity index (χ4n) is 10.3. The van der Waals surface area contributed by atoms with Crippen LogP contribution in [-0.2, 0) is 5.41 Å². The van der Waals surface area contributed by atoms with Gasteiger partial charge in [-0.05, 0) is 79.7 Å². The summed E-state index contributed by atoms with van der Waals surface area (Å²) in [5.41, 5.74) is 8.27. The van der Waals surface area contributed by atoms with E-state index in [1.165, 1.54) is 42.6 Å². The second kappa shape index (κ2) is 12.6. The fourth-order valence-corrected chi connectivity index (χ4v) is 15.0. The van der Waals surface area contributed by atoms with Crippen molar-refractivity contribution < 1.29 is 4.42 Å². The van der Waals surface area contributed by atoms with Crippen LogP contribution in [0.3, 0.4) is 0 Å². The van der Waals surface area contributed by atoms with Crippen LogP contribution < -0.4 is 25.6 Å². The second-order valence-electron chi connectivity index (χ2n) is 16.2. The minimum atomic E-state index is -3.05. The van der Waals surface area contributed by atoms with E-state index >= 15 is 0 Å². The molecule has 0 unspecified atom stereocenters. The number of furan rings is 1. The van der Waals surface area contributed by atoms with Crippen LogP contribution in [0.2, 0.25) is 0 Å². The first-order valence-corrected chi connectivity index (χ1v) is 22.2. The summed E-state index contributed by atoms with van der Waals surface area (Å²) < 4.78 is 8.73. The van der Waals surface area contributed by atoms with Gasteiger partial charge in [0.1, 0.15) is 22.6 Å². The average Bonchev–Trinajstić information content (AvgIpc) is 3.94. The minimum absolute atomic E-state index is 0.374. The standard InChI is InChI=1S/C53H38N4OSi/c1-53(2)43-27-25-38(34-46(43)57(49-23-13-14-30-54-49)45-28-29-48-50(51(45)53)41-20-10-12-22-47(41)58-48)59(35-15-5-3-6-16-35,36-17-7-4-8-18-36)37-24-26-39-40-19-9-11-21-44(40)56-32-31-55-52(56)42(39)33-37/h3-34H,1-2H3. The zero-order valence-corrected chi connectivity index (χ0v) is 33.7. The number of anilines is 3. The average molecular weight is 775 g/mol. The predicted octanol–water partition coefficient (Wildman–Crippen LogP) is 10.4. The van der Waals surface area contributed by atoms with Gasteiger partial charge in [-0.25, -0.2) is 9.97 Å². The molecule has 0 saturated carbocycles. The van der Waals surface area contributed by atoms with Crippen LogP contribution in [0.4, 0.5) is 17.2 Å². The molecule has 4 aromatic heterocycles. The molecule has 11 aromatic rings. The Morgan fingerprint density at radius 2 is 1.20 bits per heavy atom. The molecule has 0 amide bonds. The number of hydrogen-bond acceptors (Lipinski definition) is 4. The third-order valence-electron chi connectivity index (χ3n) is 12.8. The SMILES string of the molecule is CC1(C)c2ccc([Si](c3ccccc3)(c3ccccc3)c3ccc4c5ccccc5n5ccnc5c4c3)cc2N(c2ccccn2)c2ccc3oc4ccccc4c3c21. The Balaban J connectivity index is 1.19. The maximum atomic E-state index is 6.49. The molecule has 59 heavy (non-hydrogen) atoms. The number of pyridine rings is 2. The Morgan fingerprint density at radius 1 is 0.508 bits per heavy atom. The Bertz CT molecular complexity index is 3390. The maximum absolute atomic E-state index is 6.49. The third kappa shape index (κ3) is 4.72. The van der Waals surface area contributed by atoms with Gasteiger partial charge in [0.25, 0.3) is 0 Å². The monoisotopic (exact) mass is 774 g/mol. The molecule has 0 atom stereocenters. The molecule has 1 aliphatic heterocycles. The normalized spacial score (nSPS) is 13.7. The minimum Gasteiger partial charge on any atom is -0.456 e. The molecule has 0 radical (unpaired) electrons. The molecule has 0 bridgehead atoms. The summed E-state index contributed by atoms with van der Waals surface area (Å²) in [6.07, 6.45) is 5.90. The first-order valence-electron chi connectivity index (χ1n) is 20.2. The highest BCUT2D eigenvalue weighted by molar-refractivity contribution is 7.20. The van der Waals surface area contributed by atoms with Crippen molar-refractivity contribution in [2.24, 2.45) is 0 Å². The van der Waals surface area contributed by atoms with Crippen molar-refractivity contribution in [2.45, 2.75) is 19.3 Å². The Hall–Kier alpha value is -7.28. The van der Waals surface area contributed by atoms with Gasteiger partial charge in [-0.15, -0.1) is 0 Å². The van der Waals surface area contributed by atoms with Crippen LogP contribution in [0.25, 0.3) is 49.3 Å². The zero-order chi connectivity index (χ0) is 39.3. The van der Waals surface area contributed by atoms with Crippen LogP contribution in [0.1, 0.15) is 25.0 Å². The quantitative estimate of drug-likeness (QED) is 0.0993. The van der Waals surface area contributed by atoms with Crippen molar-refractivity contribution in [2.75, 3.05) is 4.90 Å². The number of aromatic nitrogens is 3. The molecule has 0 aliphatic carbocycles. The van der Waals surface area contributed by atoms with Gasteiger partial charge >= 0.3 is 0 Å². The first kappa shape index (κ1) is 33.8. The summed E-state index contributed by atoms with van der Waals surface area (Å²) in [7, 11) is -3.05. The molecule has 6 heteroatoms. The van der Waals surface area contributed by atoms with E-state index in [0.717, 1.165) is 55.7 Å². The molecule has 5 heterocycles. The van der Waals surface area contributed by atoms with Crippen LogP contribution in [-0.4, -0.2) is 22.4 Å². The van der Waals surface area contributed by atoms with Gasteiger partial charge in [0, 0.05) is 45.6 Å². The summed E-state index contributed by atoms with van der Waals surface area (Å²) in [4.78, 5) is 12.4. The topological polar surface area (TPSA) is 46.6 Å². The van der Waals surface area contributed by atoms with Crippen LogP contribution in [0, 0.1) is 0 Å². The zero-order valence-electron chi connectivity index (χ0n) is 32.7. The largest absolute Gasteiger partial charge is 0.456 e. The molecule has 0 fully saturated rings. The first-order chi connectivity index (χ1) is 29.0. The van der Waals surface area contributed by atoms with E-state index in [0.29, 0.717) is 0 Å². The molecular formula is C53H38N4OSi. The summed E-state index contributed by atoms with van der Waals surface area (Å²) >= 11 is 0. The van der Waals surface area contributed by atoms with Gasteiger partial charge in [-0.1, -0.05) is 147 Å². The lowest BCUT2D eigenvalue weighted by molar-refractivity contribution is 0.634. The maximum Gasteiger partial charge on any atom is 0.179 e. The number of hydrogen-bond donors (Lipinski definition) is 0. The van der Waals surface area contributed by atoms with Gasteiger partial charge in [-0.2, -0.15) is 0 Å². The highest BCUT2D eigenvalue weighted by atomic mass is 28.3. The van der Waals surface area contributed by atoms with Crippen molar-refractivity contribution in [3.05, 3.63) is 206 Å². The van der Waals surface area contributed by atoms with E-state index in [9.17, 15) is 0 Å². The van der Waals surface area contributed by atoms with Gasteiger partial charge in [0.2, 0.25) is 0 Å². The highest BCUT2D eigenvalue weighted by Gasteiger charge is 2.45. The number of nitrogens with zero attached hydrogens (tertiary/aromatic N) is 4. The lowest BCUT2D eigenvalue weighted by Crippen LogP contribution is -2.74. The summed E-state index contributed by atoms with van der Waals surface area (Å²) in [5, 5.41) is 11.1. The van der Waals surface area contributed by atoms with Gasteiger partial charge in [0.05, 0.1) is 16.9 Å². The van der Waals surface area contributed by atoms with Crippen LogP contribution in [0.5, 0.6) is 0 Å². The van der Waals surface area contributed by atoms with Crippen molar-refractivity contribution in [3.8, 4) is 0 Å². The Morgan fingerprint density at radius 3 is 1.98 bits per heavy atom. The number of imidazole rings is 1. The van der Waals surface area contributed by atoms with Crippen LogP contribution >= 0.6 is 0 Å². The summed E-state index contributed by atoms with van der Waals surface area (Å²) in [5.74, 6) is 0.876. The van der Waals surface area contributed by atoms with Gasteiger partial charge in [-0.3, -0.25) is 9.30 Å². The van der Waals surface area contributed by atoms with Crippen molar-refractivity contribution in [1.29, 1.82) is 0 Å². The molecule has 12 rings (SSSR count). The summed E-state index contributed by atoms with van der Waals surface area (Å²) in [6, 6.07) is 64.5. The molecule has 1 aliphatic rings. The number of benzene rings is 7. The smallest absolute Gasteiger partial charge is 0.179 e. The predicted molar refractivity (Wildman–Crippen MR) is 246 cm³/mol. The van der Waals surface area contributed by atoms with Crippen molar-refractivity contribution in [1.82, 2.24) is 14.4 Å². The lowest BCUT2D eigenvalue weighted by atomic mass is 9.72. The second-order valence-corrected chi connectivity index (χ2v) is 20.0. The molecule has 0 saturated heterocycles. The molecule has 0 spiro atoms. The van der Waals surface area contributed by atoms with E-state index in [1.807, 2.05) is 24.5 Å². The number of rotatable bonds is 5. The van der Waals surface area contributed by atoms with E-state index in [-0.39, 0.29) is 5.41 Å². The molecule has 5 nitrogen and oxygen atoms in total. The molecule has 0 N–H and O–H groups in total. The van der Waals surface area contributed by atoms with E-state index in [2.05, 4.69) is 193 Å². The van der Waals surface area contributed by atoms with Crippen LogP contribution in [0.15, 0.2) is 199 Å². The van der Waals surface area contributed by atoms with Gasteiger partial charge in [0.15, 0.2) is 8.07 Å². The van der Waals surface area contributed by atoms with Gasteiger partial charge < -0.3 is 4.42 Å². The molecule has 280 valence electrons. The number of para-hydroxylation sites is 2.